The van der Waals surface area contributed by atoms with E-state index in [1.165, 1.54) is 0 Å². The Kier molecular flexibility index (Phi) is 11.4. The lowest BCUT2D eigenvalue weighted by molar-refractivity contribution is 0.630. The smallest absolute Gasteiger partial charge is 0.191 e. The van der Waals surface area contributed by atoms with Gasteiger partial charge in [-0.05, 0) is 12.8 Å². The van der Waals surface area contributed by atoms with Crippen molar-refractivity contribution in [1.29, 1.82) is 0 Å². The molecule has 7 heteroatoms. The third kappa shape index (κ3) is 7.06. The summed E-state index contributed by atoms with van der Waals surface area (Å²) in [6.45, 7) is 9.85. The number of nitrogens with one attached hydrogen (secondary N) is 2. The van der Waals surface area contributed by atoms with E-state index in [-0.39, 0.29) is 24.0 Å². The number of aromatic nitrogens is 3. The lowest BCUT2D eigenvalue weighted by atomic mass is 10.4. The highest BCUT2D eigenvalue weighted by molar-refractivity contribution is 14.0. The molecule has 6 nitrogen and oxygen atoms in total. The molecular weight excluding hydrogens is 367 g/mol. The predicted molar refractivity (Wildman–Crippen MR) is 93.7 cm³/mol. The molecule has 0 saturated heterocycles. The van der Waals surface area contributed by atoms with Crippen LogP contribution in [0, 0.1) is 0 Å². The van der Waals surface area contributed by atoms with E-state index in [0.717, 1.165) is 57.2 Å². The summed E-state index contributed by atoms with van der Waals surface area (Å²) in [5.74, 6) is 1.92. The van der Waals surface area contributed by atoms with Crippen LogP contribution in [-0.2, 0) is 13.0 Å². The van der Waals surface area contributed by atoms with E-state index in [2.05, 4.69) is 51.2 Å². The maximum atomic E-state index is 4.50. The SMILES string of the molecule is CCCN=C(NCCC)NCCn1cnnc1CC.I. The number of hydrogen-bond donors (Lipinski definition) is 2. The van der Waals surface area contributed by atoms with E-state index in [0.29, 0.717) is 0 Å². The van der Waals surface area contributed by atoms with Crippen LogP contribution in [0.5, 0.6) is 0 Å². The van der Waals surface area contributed by atoms with Crippen LogP contribution in [0.3, 0.4) is 0 Å². The monoisotopic (exact) mass is 394 g/mol. The van der Waals surface area contributed by atoms with Gasteiger partial charge < -0.3 is 15.2 Å². The van der Waals surface area contributed by atoms with Gasteiger partial charge >= 0.3 is 0 Å². The number of rotatable bonds is 8. The van der Waals surface area contributed by atoms with Gasteiger partial charge in [0.15, 0.2) is 5.96 Å². The van der Waals surface area contributed by atoms with Gasteiger partial charge in [-0.25, -0.2) is 0 Å². The first-order valence-electron chi connectivity index (χ1n) is 7.20. The summed E-state index contributed by atoms with van der Waals surface area (Å²) in [5, 5.41) is 14.7. The molecule has 0 radical (unpaired) electrons. The minimum Gasteiger partial charge on any atom is -0.356 e. The molecule has 1 rings (SSSR count). The topological polar surface area (TPSA) is 67.1 Å². The highest BCUT2D eigenvalue weighted by atomic mass is 127. The molecule has 0 amide bonds. The Morgan fingerprint density at radius 1 is 1.20 bits per heavy atom. The predicted octanol–water partition coefficient (Wildman–Crippen LogP) is 1.81. The van der Waals surface area contributed by atoms with Crippen LogP contribution in [-0.4, -0.2) is 40.4 Å². The zero-order valence-electron chi connectivity index (χ0n) is 12.7. The van der Waals surface area contributed by atoms with Crippen molar-refractivity contribution in [3.05, 3.63) is 12.2 Å². The molecule has 0 unspecified atom stereocenters. The minimum atomic E-state index is 0. The van der Waals surface area contributed by atoms with Gasteiger partial charge in [0.05, 0.1) is 0 Å². The fraction of sp³-hybridized carbons (Fsp3) is 0.769. The third-order valence-electron chi connectivity index (χ3n) is 2.69. The molecular formula is C13H27IN6. The quantitative estimate of drug-likeness (QED) is 0.401. The molecule has 0 atom stereocenters. The molecule has 1 heterocycles. The van der Waals surface area contributed by atoms with Gasteiger partial charge in [-0.15, -0.1) is 34.2 Å². The Bertz CT molecular complexity index is 377. The average Bonchev–Trinajstić information content (AvgIpc) is 2.88. The molecule has 0 aliphatic rings. The zero-order valence-corrected chi connectivity index (χ0v) is 15.1. The molecule has 0 saturated carbocycles. The van der Waals surface area contributed by atoms with Crippen molar-refractivity contribution < 1.29 is 0 Å². The average molecular weight is 394 g/mol. The van der Waals surface area contributed by atoms with Crippen molar-refractivity contribution in [1.82, 2.24) is 25.4 Å². The largest absolute Gasteiger partial charge is 0.356 e. The molecule has 0 aliphatic carbocycles. The van der Waals surface area contributed by atoms with Crippen molar-refractivity contribution in [2.24, 2.45) is 4.99 Å². The molecule has 0 bridgehead atoms. The lowest BCUT2D eigenvalue weighted by Crippen LogP contribution is -2.39. The summed E-state index contributed by atoms with van der Waals surface area (Å²) in [5.41, 5.74) is 0. The lowest BCUT2D eigenvalue weighted by Gasteiger charge is -2.12. The van der Waals surface area contributed by atoms with Crippen molar-refractivity contribution in [3.63, 3.8) is 0 Å². The summed E-state index contributed by atoms with van der Waals surface area (Å²) in [7, 11) is 0. The first-order valence-corrected chi connectivity index (χ1v) is 7.20. The number of aliphatic imine (C=N–C) groups is 1. The van der Waals surface area contributed by atoms with E-state index in [9.17, 15) is 0 Å². The second-order valence-corrected chi connectivity index (χ2v) is 4.38. The van der Waals surface area contributed by atoms with Crippen LogP contribution in [0.1, 0.15) is 39.4 Å². The number of halogens is 1. The normalized spacial score (nSPS) is 11.1. The molecule has 1 aromatic rings. The van der Waals surface area contributed by atoms with Gasteiger partial charge in [-0.1, -0.05) is 20.8 Å². The van der Waals surface area contributed by atoms with Crippen LogP contribution < -0.4 is 10.6 Å². The minimum absolute atomic E-state index is 0. The first-order chi connectivity index (χ1) is 9.31. The Morgan fingerprint density at radius 2 is 1.95 bits per heavy atom. The molecule has 116 valence electrons. The number of nitrogens with zero attached hydrogens (tertiary/aromatic N) is 4. The van der Waals surface area contributed by atoms with Crippen LogP contribution in [0.2, 0.25) is 0 Å². The summed E-state index contributed by atoms with van der Waals surface area (Å²) in [6, 6.07) is 0. The number of aryl methyl sites for hydroxylation is 1. The van der Waals surface area contributed by atoms with Gasteiger partial charge in [0.2, 0.25) is 0 Å². The molecule has 0 aliphatic heterocycles. The maximum Gasteiger partial charge on any atom is 0.191 e. The first kappa shape index (κ1) is 19.1. The number of hydrogen-bond acceptors (Lipinski definition) is 3. The zero-order chi connectivity index (χ0) is 13.9. The third-order valence-corrected chi connectivity index (χ3v) is 2.69. The van der Waals surface area contributed by atoms with Gasteiger partial charge in [0.25, 0.3) is 0 Å². The highest BCUT2D eigenvalue weighted by Gasteiger charge is 2.02. The summed E-state index contributed by atoms with van der Waals surface area (Å²) >= 11 is 0. The van der Waals surface area contributed by atoms with Crippen molar-refractivity contribution >= 4 is 29.9 Å². The van der Waals surface area contributed by atoms with E-state index in [1.807, 2.05) is 0 Å². The second-order valence-electron chi connectivity index (χ2n) is 4.38. The van der Waals surface area contributed by atoms with Gasteiger partial charge in [0, 0.05) is 32.6 Å². The number of guanidine groups is 1. The van der Waals surface area contributed by atoms with E-state index in [4.69, 9.17) is 0 Å². The Morgan fingerprint density at radius 3 is 2.60 bits per heavy atom. The molecule has 0 aromatic carbocycles. The van der Waals surface area contributed by atoms with Crippen LogP contribution >= 0.6 is 24.0 Å². The standard InChI is InChI=1S/C13H26N6.HI/c1-4-7-14-13(15-8-5-2)16-9-10-19-11-17-18-12(19)6-3;/h11H,4-10H2,1-3H3,(H2,14,15,16);1H. The van der Waals surface area contributed by atoms with Crippen molar-refractivity contribution in [2.45, 2.75) is 46.6 Å². The fourth-order valence-corrected chi connectivity index (χ4v) is 1.68. The summed E-state index contributed by atoms with van der Waals surface area (Å²) in [4.78, 5) is 4.50. The van der Waals surface area contributed by atoms with Gasteiger partial charge in [-0.2, -0.15) is 0 Å². The van der Waals surface area contributed by atoms with E-state index >= 15 is 0 Å². The fourth-order valence-electron chi connectivity index (χ4n) is 1.68. The van der Waals surface area contributed by atoms with Crippen LogP contribution in [0.4, 0.5) is 0 Å². The van der Waals surface area contributed by atoms with Crippen LogP contribution in [0.15, 0.2) is 11.3 Å². The van der Waals surface area contributed by atoms with Crippen molar-refractivity contribution in [2.75, 3.05) is 19.6 Å². The molecule has 1 aromatic heterocycles. The van der Waals surface area contributed by atoms with E-state index in [1.54, 1.807) is 6.33 Å². The van der Waals surface area contributed by atoms with Crippen molar-refractivity contribution in [3.8, 4) is 0 Å². The van der Waals surface area contributed by atoms with E-state index < -0.39 is 0 Å². The highest BCUT2D eigenvalue weighted by Crippen LogP contribution is 1.94. The molecule has 0 spiro atoms. The Balaban J connectivity index is 0.00000361. The maximum absolute atomic E-state index is 4.50. The Labute approximate surface area is 138 Å². The molecule has 0 fully saturated rings. The second kappa shape index (κ2) is 11.9. The summed E-state index contributed by atoms with van der Waals surface area (Å²) < 4.78 is 2.07. The Hall–Kier alpha value is -0.860. The van der Waals surface area contributed by atoms with Crippen LogP contribution in [0.25, 0.3) is 0 Å². The molecule has 20 heavy (non-hydrogen) atoms. The van der Waals surface area contributed by atoms with Gasteiger partial charge in [-0.3, -0.25) is 4.99 Å². The van der Waals surface area contributed by atoms with Gasteiger partial charge in [0.1, 0.15) is 12.2 Å². The summed E-state index contributed by atoms with van der Waals surface area (Å²) in [6.07, 6.45) is 4.84. The molecule has 2 N–H and O–H groups in total.